The van der Waals surface area contributed by atoms with Gasteiger partial charge in [-0.05, 0) is 31.9 Å². The van der Waals surface area contributed by atoms with Crippen molar-refractivity contribution in [3.8, 4) is 28.4 Å². The predicted octanol–water partition coefficient (Wildman–Crippen LogP) is 3.98. The standard InChI is InChI=1S/C21H24N4O3/c1-4-5-17-23-19(25-24-17)15-8-6-14(7-9-15)16-10-11-18(22-12-16)28-13-21(2,3)20(26)27/h6-12H,4-5,13H2,1-3H3,(H,26,27)(H,23,24,25). The molecule has 7 nitrogen and oxygen atoms in total. The third-order valence-electron chi connectivity index (χ3n) is 4.39. The highest BCUT2D eigenvalue weighted by Crippen LogP contribution is 2.24. The number of aromatic amines is 1. The summed E-state index contributed by atoms with van der Waals surface area (Å²) in [7, 11) is 0. The number of rotatable bonds is 8. The van der Waals surface area contributed by atoms with Crippen LogP contribution in [-0.2, 0) is 11.2 Å². The number of hydrogen-bond acceptors (Lipinski definition) is 5. The van der Waals surface area contributed by atoms with E-state index < -0.39 is 11.4 Å². The molecule has 146 valence electrons. The van der Waals surface area contributed by atoms with Gasteiger partial charge in [0.05, 0.1) is 5.41 Å². The molecule has 0 saturated heterocycles. The first-order valence-corrected chi connectivity index (χ1v) is 9.23. The SMILES string of the molecule is CCCc1n[nH]c(-c2ccc(-c3ccc(OCC(C)(C)C(=O)O)nc3)cc2)n1. The Morgan fingerprint density at radius 3 is 2.39 bits per heavy atom. The first-order chi connectivity index (χ1) is 13.4. The lowest BCUT2D eigenvalue weighted by atomic mass is 9.95. The molecule has 3 aromatic rings. The highest BCUT2D eigenvalue weighted by Gasteiger charge is 2.28. The van der Waals surface area contributed by atoms with Gasteiger partial charge in [-0.3, -0.25) is 9.89 Å². The third kappa shape index (κ3) is 4.54. The van der Waals surface area contributed by atoms with Crippen molar-refractivity contribution >= 4 is 5.97 Å². The maximum absolute atomic E-state index is 11.1. The fourth-order valence-corrected chi connectivity index (χ4v) is 2.53. The summed E-state index contributed by atoms with van der Waals surface area (Å²) >= 11 is 0. The maximum Gasteiger partial charge on any atom is 0.312 e. The molecule has 0 aliphatic heterocycles. The molecule has 0 aliphatic carbocycles. The Bertz CT molecular complexity index is 931. The van der Waals surface area contributed by atoms with Crippen molar-refractivity contribution in [1.82, 2.24) is 20.2 Å². The lowest BCUT2D eigenvalue weighted by Crippen LogP contribution is -2.30. The summed E-state index contributed by atoms with van der Waals surface area (Å²) in [5, 5.41) is 16.3. The Morgan fingerprint density at radius 2 is 1.79 bits per heavy atom. The minimum atomic E-state index is -0.964. The van der Waals surface area contributed by atoms with E-state index in [1.54, 1.807) is 26.1 Å². The van der Waals surface area contributed by atoms with Crippen LogP contribution in [0.3, 0.4) is 0 Å². The Hall–Kier alpha value is -3.22. The molecule has 0 spiro atoms. The average Bonchev–Trinajstić information content (AvgIpc) is 3.16. The summed E-state index contributed by atoms with van der Waals surface area (Å²) < 4.78 is 5.51. The molecule has 0 atom stereocenters. The molecule has 0 unspecified atom stereocenters. The minimum absolute atomic E-state index is 0.0561. The fraction of sp³-hybridized carbons (Fsp3) is 0.333. The maximum atomic E-state index is 11.1. The highest BCUT2D eigenvalue weighted by molar-refractivity contribution is 5.73. The largest absolute Gasteiger partial charge is 0.481 e. The number of pyridine rings is 1. The van der Waals surface area contributed by atoms with Gasteiger partial charge in [-0.15, -0.1) is 0 Å². The van der Waals surface area contributed by atoms with E-state index in [0.29, 0.717) is 5.88 Å². The average molecular weight is 380 g/mol. The predicted molar refractivity (Wildman–Crippen MR) is 106 cm³/mol. The highest BCUT2D eigenvalue weighted by atomic mass is 16.5. The monoisotopic (exact) mass is 380 g/mol. The van der Waals surface area contributed by atoms with Crippen LogP contribution in [0.1, 0.15) is 33.0 Å². The van der Waals surface area contributed by atoms with Crippen LogP contribution >= 0.6 is 0 Å². The number of hydrogen-bond donors (Lipinski definition) is 2. The van der Waals surface area contributed by atoms with Crippen molar-refractivity contribution in [1.29, 1.82) is 0 Å². The number of benzene rings is 1. The lowest BCUT2D eigenvalue weighted by Gasteiger charge is -2.18. The van der Waals surface area contributed by atoms with Crippen LogP contribution in [-0.4, -0.2) is 37.8 Å². The van der Waals surface area contributed by atoms with Gasteiger partial charge < -0.3 is 9.84 Å². The molecule has 0 radical (unpaired) electrons. The van der Waals surface area contributed by atoms with Gasteiger partial charge >= 0.3 is 5.97 Å². The zero-order valence-corrected chi connectivity index (χ0v) is 16.3. The smallest absolute Gasteiger partial charge is 0.312 e. The molecule has 2 heterocycles. The zero-order chi connectivity index (χ0) is 20.1. The molecule has 1 aromatic carbocycles. The molecule has 2 aromatic heterocycles. The number of H-pyrrole nitrogens is 1. The summed E-state index contributed by atoms with van der Waals surface area (Å²) in [6.45, 7) is 5.39. The van der Waals surface area contributed by atoms with Gasteiger partial charge in [-0.2, -0.15) is 5.10 Å². The van der Waals surface area contributed by atoms with E-state index in [4.69, 9.17) is 9.84 Å². The van der Waals surface area contributed by atoms with Gasteiger partial charge in [0.25, 0.3) is 0 Å². The number of ether oxygens (including phenoxy) is 1. The van der Waals surface area contributed by atoms with E-state index in [2.05, 4.69) is 27.1 Å². The van der Waals surface area contributed by atoms with E-state index in [-0.39, 0.29) is 6.61 Å². The van der Waals surface area contributed by atoms with Crippen molar-refractivity contribution in [3.05, 3.63) is 48.4 Å². The molecular weight excluding hydrogens is 356 g/mol. The molecule has 7 heteroatoms. The van der Waals surface area contributed by atoms with Crippen molar-refractivity contribution in [2.24, 2.45) is 5.41 Å². The molecule has 0 fully saturated rings. The van der Waals surface area contributed by atoms with E-state index >= 15 is 0 Å². The number of aliphatic carboxylic acids is 1. The van der Waals surface area contributed by atoms with Gasteiger partial charge in [0, 0.05) is 29.8 Å². The molecule has 2 N–H and O–H groups in total. The number of aromatic nitrogens is 4. The number of carbonyl (C=O) groups is 1. The van der Waals surface area contributed by atoms with E-state index in [1.807, 2.05) is 30.3 Å². The normalized spacial score (nSPS) is 11.4. The van der Waals surface area contributed by atoms with Crippen LogP contribution in [0.2, 0.25) is 0 Å². The van der Waals surface area contributed by atoms with E-state index in [1.165, 1.54) is 0 Å². The van der Waals surface area contributed by atoms with E-state index in [9.17, 15) is 4.79 Å². The summed E-state index contributed by atoms with van der Waals surface area (Å²) in [6, 6.07) is 11.6. The van der Waals surface area contributed by atoms with Gasteiger partial charge in [-0.1, -0.05) is 31.2 Å². The van der Waals surface area contributed by atoms with Crippen LogP contribution in [0.15, 0.2) is 42.6 Å². The molecular formula is C21H24N4O3. The van der Waals surface area contributed by atoms with E-state index in [0.717, 1.165) is 41.2 Å². The number of aryl methyl sites for hydroxylation is 1. The van der Waals surface area contributed by atoms with Crippen molar-refractivity contribution in [2.45, 2.75) is 33.6 Å². The van der Waals surface area contributed by atoms with Crippen molar-refractivity contribution in [2.75, 3.05) is 6.61 Å². The zero-order valence-electron chi connectivity index (χ0n) is 16.3. The van der Waals surface area contributed by atoms with Gasteiger partial charge in [0.15, 0.2) is 11.6 Å². The van der Waals surface area contributed by atoms with Crippen molar-refractivity contribution in [3.63, 3.8) is 0 Å². The Labute approximate surface area is 163 Å². The number of nitrogens with zero attached hydrogens (tertiary/aromatic N) is 3. The second-order valence-corrected chi connectivity index (χ2v) is 7.29. The minimum Gasteiger partial charge on any atom is -0.481 e. The second kappa shape index (κ2) is 8.21. The van der Waals surface area contributed by atoms with Crippen LogP contribution < -0.4 is 4.74 Å². The Kier molecular flexibility index (Phi) is 5.73. The quantitative estimate of drug-likeness (QED) is 0.613. The molecule has 0 aliphatic rings. The van der Waals surface area contributed by atoms with Gasteiger partial charge in [0.2, 0.25) is 5.88 Å². The number of nitrogens with one attached hydrogen (secondary N) is 1. The first kappa shape index (κ1) is 19.5. The fourth-order valence-electron chi connectivity index (χ4n) is 2.53. The molecule has 3 rings (SSSR count). The second-order valence-electron chi connectivity index (χ2n) is 7.29. The van der Waals surface area contributed by atoms with Crippen LogP contribution in [0.5, 0.6) is 5.88 Å². The van der Waals surface area contributed by atoms with Crippen molar-refractivity contribution < 1.29 is 14.6 Å². The number of carboxylic acids is 1. The third-order valence-corrected chi connectivity index (χ3v) is 4.39. The van der Waals surface area contributed by atoms with Crippen LogP contribution in [0.4, 0.5) is 0 Å². The summed E-state index contributed by atoms with van der Waals surface area (Å²) in [5.41, 5.74) is 1.97. The molecule has 0 saturated carbocycles. The topological polar surface area (TPSA) is 101 Å². The summed E-state index contributed by atoms with van der Waals surface area (Å²) in [6.07, 6.45) is 3.58. The van der Waals surface area contributed by atoms with Crippen LogP contribution in [0.25, 0.3) is 22.5 Å². The molecule has 28 heavy (non-hydrogen) atoms. The van der Waals surface area contributed by atoms with Gasteiger partial charge in [-0.25, -0.2) is 9.97 Å². The molecule has 0 amide bonds. The summed E-state index contributed by atoms with van der Waals surface area (Å²) in [4.78, 5) is 19.9. The Morgan fingerprint density at radius 1 is 1.11 bits per heavy atom. The lowest BCUT2D eigenvalue weighted by molar-refractivity contribution is -0.148. The number of carboxylic acid groups (broad SMARTS) is 1. The Balaban J connectivity index is 1.67. The summed E-state index contributed by atoms with van der Waals surface area (Å²) in [5.74, 6) is 1.09. The first-order valence-electron chi connectivity index (χ1n) is 9.23. The molecule has 0 bridgehead atoms. The van der Waals surface area contributed by atoms with Crippen LogP contribution in [0, 0.1) is 5.41 Å². The van der Waals surface area contributed by atoms with Gasteiger partial charge in [0.1, 0.15) is 6.61 Å².